The molecule has 0 saturated heterocycles. The van der Waals surface area contributed by atoms with E-state index in [2.05, 4.69) is 10.1 Å². The molecule has 1 aromatic carbocycles. The zero-order chi connectivity index (χ0) is 16.4. The number of nitrogens with zero attached hydrogens (tertiary/aromatic N) is 4. The second-order valence-electron chi connectivity index (χ2n) is 4.75. The van der Waals surface area contributed by atoms with Crippen molar-refractivity contribution >= 4 is 5.91 Å². The highest BCUT2D eigenvalue weighted by atomic mass is 16.3. The number of amides is 1. The number of hydrogen-bond acceptors (Lipinski definition) is 5. The van der Waals surface area contributed by atoms with E-state index in [9.17, 15) is 9.90 Å². The Hall–Kier alpha value is -3.66. The van der Waals surface area contributed by atoms with Crippen LogP contribution in [0.1, 0.15) is 15.9 Å². The zero-order valence-electron chi connectivity index (χ0n) is 11.8. The first-order valence-corrected chi connectivity index (χ1v) is 6.64. The summed E-state index contributed by atoms with van der Waals surface area (Å²) in [5, 5.41) is 23.3. The maximum absolute atomic E-state index is 11.0. The van der Waals surface area contributed by atoms with Gasteiger partial charge in [0.05, 0.1) is 29.0 Å². The van der Waals surface area contributed by atoms with Crippen LogP contribution in [0.3, 0.4) is 0 Å². The van der Waals surface area contributed by atoms with Crippen LogP contribution in [0.2, 0.25) is 0 Å². The van der Waals surface area contributed by atoms with Gasteiger partial charge in [-0.25, -0.2) is 4.98 Å². The molecule has 0 unspecified atom stereocenters. The van der Waals surface area contributed by atoms with E-state index in [1.165, 1.54) is 29.2 Å². The van der Waals surface area contributed by atoms with Crippen molar-refractivity contribution in [2.24, 2.45) is 5.73 Å². The molecule has 0 spiro atoms. The van der Waals surface area contributed by atoms with Gasteiger partial charge in [-0.1, -0.05) is 12.1 Å². The summed E-state index contributed by atoms with van der Waals surface area (Å²) >= 11 is 0. The summed E-state index contributed by atoms with van der Waals surface area (Å²) in [5.74, 6) is -0.312. The van der Waals surface area contributed by atoms with Gasteiger partial charge in [0.2, 0.25) is 11.8 Å². The van der Waals surface area contributed by atoms with Gasteiger partial charge in [0, 0.05) is 6.20 Å². The van der Waals surface area contributed by atoms with Crippen LogP contribution in [-0.4, -0.2) is 25.8 Å². The molecule has 112 valence electrons. The van der Waals surface area contributed by atoms with Gasteiger partial charge in [-0.05, 0) is 29.8 Å². The topological polar surface area (TPSA) is 118 Å². The Balaban J connectivity index is 1.98. The van der Waals surface area contributed by atoms with Gasteiger partial charge >= 0.3 is 0 Å². The summed E-state index contributed by atoms with van der Waals surface area (Å²) in [6.07, 6.45) is 2.82. The normalized spacial score (nSPS) is 10.2. The maximum atomic E-state index is 11.0. The van der Waals surface area contributed by atoms with Gasteiger partial charge < -0.3 is 10.8 Å². The molecule has 1 amide bonds. The number of nitrogens with two attached hydrogens (primary N) is 1. The molecule has 0 radical (unpaired) electrons. The quantitative estimate of drug-likeness (QED) is 0.762. The Morgan fingerprint density at radius 2 is 1.91 bits per heavy atom. The van der Waals surface area contributed by atoms with Crippen LogP contribution < -0.4 is 5.73 Å². The van der Waals surface area contributed by atoms with Crippen LogP contribution in [-0.2, 0) is 0 Å². The number of benzene rings is 1. The van der Waals surface area contributed by atoms with E-state index in [4.69, 9.17) is 11.0 Å². The molecule has 7 heteroatoms. The Morgan fingerprint density at radius 1 is 1.17 bits per heavy atom. The van der Waals surface area contributed by atoms with Crippen molar-refractivity contribution in [2.45, 2.75) is 0 Å². The SMILES string of the molecule is N#Cc1ccc(-c2cnn(-c3ccc(C(N)=O)cn3)c2O)cc1. The smallest absolute Gasteiger partial charge is 0.250 e. The first-order valence-electron chi connectivity index (χ1n) is 6.64. The number of aromatic nitrogens is 3. The van der Waals surface area contributed by atoms with Gasteiger partial charge in [0.25, 0.3) is 0 Å². The standard InChI is InChI=1S/C16H11N5O2/c17-7-10-1-3-11(4-2-10)13-9-20-21(16(13)23)14-6-5-12(8-19-14)15(18)22/h1-6,8-9,23H,(H2,18,22). The lowest BCUT2D eigenvalue weighted by molar-refractivity contribution is 0.1000. The van der Waals surface area contributed by atoms with Gasteiger partial charge in [-0.3, -0.25) is 4.79 Å². The Labute approximate surface area is 131 Å². The van der Waals surface area contributed by atoms with E-state index >= 15 is 0 Å². The number of carbonyl (C=O) groups is 1. The van der Waals surface area contributed by atoms with Crippen LogP contribution in [0.15, 0.2) is 48.8 Å². The average Bonchev–Trinajstić information content (AvgIpc) is 2.96. The fraction of sp³-hybridized carbons (Fsp3) is 0. The molecule has 3 N–H and O–H groups in total. The summed E-state index contributed by atoms with van der Waals surface area (Å²) in [7, 11) is 0. The first-order chi connectivity index (χ1) is 11.1. The third kappa shape index (κ3) is 2.61. The minimum Gasteiger partial charge on any atom is -0.493 e. The third-order valence-corrected chi connectivity index (χ3v) is 3.32. The summed E-state index contributed by atoms with van der Waals surface area (Å²) in [4.78, 5) is 15.1. The number of aromatic hydroxyl groups is 1. The largest absolute Gasteiger partial charge is 0.493 e. The average molecular weight is 305 g/mol. The number of pyridine rings is 1. The van der Waals surface area contributed by atoms with Gasteiger partial charge in [-0.2, -0.15) is 15.0 Å². The Kier molecular flexibility index (Phi) is 3.49. The predicted molar refractivity (Wildman–Crippen MR) is 81.7 cm³/mol. The second kappa shape index (κ2) is 5.61. The highest BCUT2D eigenvalue weighted by molar-refractivity contribution is 5.92. The molecule has 23 heavy (non-hydrogen) atoms. The van der Waals surface area contributed by atoms with Crippen LogP contribution >= 0.6 is 0 Å². The Bertz CT molecular complexity index is 905. The van der Waals surface area contributed by atoms with E-state index in [0.717, 1.165) is 5.56 Å². The number of rotatable bonds is 3. The molecule has 0 aliphatic rings. The monoisotopic (exact) mass is 305 g/mol. The molecule has 0 saturated carbocycles. The van der Waals surface area contributed by atoms with Crippen molar-refractivity contribution in [1.29, 1.82) is 5.26 Å². The number of primary amides is 1. The third-order valence-electron chi connectivity index (χ3n) is 3.32. The molecule has 2 heterocycles. The van der Waals surface area contributed by atoms with E-state index in [1.54, 1.807) is 24.3 Å². The number of nitriles is 1. The lowest BCUT2D eigenvalue weighted by atomic mass is 10.1. The van der Waals surface area contributed by atoms with Gasteiger partial charge in [0.15, 0.2) is 5.82 Å². The van der Waals surface area contributed by atoms with Crippen LogP contribution in [0.5, 0.6) is 5.88 Å². The molecule has 0 aliphatic carbocycles. The molecular weight excluding hydrogens is 294 g/mol. The predicted octanol–water partition coefficient (Wildman–Crippen LogP) is 1.61. The molecule has 7 nitrogen and oxygen atoms in total. The van der Waals surface area contributed by atoms with Crippen LogP contribution in [0, 0.1) is 11.3 Å². The molecule has 3 rings (SSSR count). The maximum Gasteiger partial charge on any atom is 0.250 e. The van der Waals surface area contributed by atoms with Gasteiger partial charge in [0.1, 0.15) is 0 Å². The second-order valence-corrected chi connectivity index (χ2v) is 4.75. The van der Waals surface area contributed by atoms with E-state index < -0.39 is 5.91 Å². The summed E-state index contributed by atoms with van der Waals surface area (Å²) in [6.45, 7) is 0. The fourth-order valence-corrected chi connectivity index (χ4v) is 2.09. The molecule has 0 fully saturated rings. The van der Waals surface area contributed by atoms with Gasteiger partial charge in [-0.15, -0.1) is 0 Å². The highest BCUT2D eigenvalue weighted by Gasteiger charge is 2.14. The molecule has 3 aromatic rings. The van der Waals surface area contributed by atoms with E-state index in [1.807, 2.05) is 6.07 Å². The molecular formula is C16H11N5O2. The van der Waals surface area contributed by atoms with E-state index in [-0.39, 0.29) is 11.4 Å². The van der Waals surface area contributed by atoms with Crippen molar-refractivity contribution < 1.29 is 9.90 Å². The Morgan fingerprint density at radius 3 is 2.48 bits per heavy atom. The number of carbonyl (C=O) groups excluding carboxylic acids is 1. The highest BCUT2D eigenvalue weighted by Crippen LogP contribution is 2.30. The number of hydrogen-bond donors (Lipinski definition) is 2. The molecule has 2 aromatic heterocycles. The van der Waals surface area contributed by atoms with Crippen molar-refractivity contribution in [3.8, 4) is 28.9 Å². The minimum absolute atomic E-state index is 0.0889. The molecule has 0 bridgehead atoms. The lowest BCUT2D eigenvalue weighted by Crippen LogP contribution is -2.11. The fourth-order valence-electron chi connectivity index (χ4n) is 2.09. The minimum atomic E-state index is -0.577. The van der Waals surface area contributed by atoms with Crippen molar-refractivity contribution in [3.63, 3.8) is 0 Å². The van der Waals surface area contributed by atoms with E-state index in [0.29, 0.717) is 16.9 Å². The summed E-state index contributed by atoms with van der Waals surface area (Å²) in [5.41, 5.74) is 7.20. The summed E-state index contributed by atoms with van der Waals surface area (Å²) < 4.78 is 1.25. The lowest BCUT2D eigenvalue weighted by Gasteiger charge is -2.04. The van der Waals surface area contributed by atoms with Crippen LogP contribution in [0.25, 0.3) is 16.9 Å². The summed E-state index contributed by atoms with van der Waals surface area (Å²) in [6, 6.07) is 11.8. The van der Waals surface area contributed by atoms with Crippen molar-refractivity contribution in [2.75, 3.05) is 0 Å². The molecule has 0 atom stereocenters. The van der Waals surface area contributed by atoms with Crippen LogP contribution in [0.4, 0.5) is 0 Å². The zero-order valence-corrected chi connectivity index (χ0v) is 11.8. The van der Waals surface area contributed by atoms with Crippen molar-refractivity contribution in [1.82, 2.24) is 14.8 Å². The van der Waals surface area contributed by atoms with Crippen molar-refractivity contribution in [3.05, 3.63) is 59.9 Å². The first kappa shape index (κ1) is 14.3. The molecule has 0 aliphatic heterocycles.